The van der Waals surface area contributed by atoms with Crippen molar-refractivity contribution >= 4 is 5.69 Å². The predicted molar refractivity (Wildman–Crippen MR) is 94.1 cm³/mol. The van der Waals surface area contributed by atoms with Crippen molar-refractivity contribution in [1.82, 2.24) is 0 Å². The molecule has 3 aromatic rings. The summed E-state index contributed by atoms with van der Waals surface area (Å²) in [6, 6.07) is 25.5. The first kappa shape index (κ1) is 14.4. The maximum Gasteiger partial charge on any atom is 0.0352 e. The van der Waals surface area contributed by atoms with E-state index in [1.54, 1.807) is 0 Å². The molecule has 0 aliphatic rings. The summed E-state index contributed by atoms with van der Waals surface area (Å²) in [6.45, 7) is 2.11. The highest BCUT2D eigenvalue weighted by Crippen LogP contribution is 2.23. The molecule has 0 saturated carbocycles. The minimum absolute atomic E-state index is 0.883. The summed E-state index contributed by atoms with van der Waals surface area (Å²) in [6.07, 6.45) is 1.81. The topological polar surface area (TPSA) is 26.0 Å². The molecule has 0 atom stereocenters. The third-order valence-corrected chi connectivity index (χ3v) is 4.05. The second kappa shape index (κ2) is 6.48. The lowest BCUT2D eigenvalue weighted by Crippen LogP contribution is -2.02. The van der Waals surface area contributed by atoms with Crippen LogP contribution in [-0.4, -0.2) is 0 Å². The highest BCUT2D eigenvalue weighted by molar-refractivity contribution is 5.54. The van der Waals surface area contributed by atoms with Gasteiger partial charge in [-0.05, 0) is 48.1 Å². The fourth-order valence-corrected chi connectivity index (χ4v) is 2.76. The van der Waals surface area contributed by atoms with Crippen LogP contribution in [0.1, 0.15) is 27.8 Å². The molecule has 0 bridgehead atoms. The molecule has 3 aromatic carbocycles. The molecular formula is C21H21N. The average Bonchev–Trinajstić information content (AvgIpc) is 2.54. The lowest BCUT2D eigenvalue weighted by molar-refractivity contribution is 1.09. The third-order valence-electron chi connectivity index (χ3n) is 4.05. The van der Waals surface area contributed by atoms with Crippen molar-refractivity contribution in [2.75, 3.05) is 5.73 Å². The van der Waals surface area contributed by atoms with E-state index < -0.39 is 0 Å². The van der Waals surface area contributed by atoms with Gasteiger partial charge in [-0.15, -0.1) is 0 Å². The number of nitrogens with two attached hydrogens (primary N) is 1. The van der Waals surface area contributed by atoms with E-state index in [-0.39, 0.29) is 0 Å². The van der Waals surface area contributed by atoms with Crippen LogP contribution < -0.4 is 5.73 Å². The number of aryl methyl sites for hydroxylation is 1. The quantitative estimate of drug-likeness (QED) is 0.688. The van der Waals surface area contributed by atoms with E-state index in [1.807, 2.05) is 12.1 Å². The standard InChI is InChI=1S/C21H21N/c1-16-10-12-18(13-11-16)15-20-19(8-5-9-21(20)22)14-17-6-3-2-4-7-17/h2-13H,14-15,22H2,1H3. The van der Waals surface area contributed by atoms with Crippen molar-refractivity contribution in [3.05, 3.63) is 101 Å². The van der Waals surface area contributed by atoms with E-state index in [1.165, 1.54) is 27.8 Å². The van der Waals surface area contributed by atoms with Crippen LogP contribution in [0.2, 0.25) is 0 Å². The van der Waals surface area contributed by atoms with Gasteiger partial charge in [-0.2, -0.15) is 0 Å². The van der Waals surface area contributed by atoms with Crippen molar-refractivity contribution < 1.29 is 0 Å². The van der Waals surface area contributed by atoms with E-state index in [2.05, 4.69) is 67.6 Å². The lowest BCUT2D eigenvalue weighted by Gasteiger charge is -2.13. The van der Waals surface area contributed by atoms with Crippen LogP contribution in [0.15, 0.2) is 72.8 Å². The SMILES string of the molecule is Cc1ccc(Cc2c(N)cccc2Cc2ccccc2)cc1. The molecule has 0 amide bonds. The van der Waals surface area contributed by atoms with E-state index in [4.69, 9.17) is 5.73 Å². The van der Waals surface area contributed by atoms with E-state index in [0.717, 1.165) is 18.5 Å². The molecule has 22 heavy (non-hydrogen) atoms. The highest BCUT2D eigenvalue weighted by atomic mass is 14.6. The minimum atomic E-state index is 0.883. The zero-order valence-corrected chi connectivity index (χ0v) is 12.9. The van der Waals surface area contributed by atoms with Crippen molar-refractivity contribution in [1.29, 1.82) is 0 Å². The van der Waals surface area contributed by atoms with Crippen molar-refractivity contribution in [2.45, 2.75) is 19.8 Å². The number of nitrogen functional groups attached to an aromatic ring is 1. The van der Waals surface area contributed by atoms with Gasteiger partial charge in [0.2, 0.25) is 0 Å². The number of benzene rings is 3. The molecule has 0 spiro atoms. The molecular weight excluding hydrogens is 266 g/mol. The Morgan fingerprint density at radius 2 is 1.36 bits per heavy atom. The summed E-state index contributed by atoms with van der Waals surface area (Å²) in [4.78, 5) is 0. The van der Waals surface area contributed by atoms with Gasteiger partial charge in [0, 0.05) is 5.69 Å². The molecule has 0 aromatic heterocycles. The third kappa shape index (κ3) is 3.37. The summed E-state index contributed by atoms with van der Waals surface area (Å²) in [5, 5.41) is 0. The van der Waals surface area contributed by atoms with Gasteiger partial charge in [-0.25, -0.2) is 0 Å². The van der Waals surface area contributed by atoms with Crippen LogP contribution in [0.5, 0.6) is 0 Å². The molecule has 1 nitrogen and oxygen atoms in total. The molecule has 0 unspecified atom stereocenters. The minimum Gasteiger partial charge on any atom is -0.398 e. The lowest BCUT2D eigenvalue weighted by atomic mass is 9.93. The Morgan fingerprint density at radius 1 is 0.682 bits per heavy atom. The summed E-state index contributed by atoms with van der Waals surface area (Å²) >= 11 is 0. The van der Waals surface area contributed by atoms with Gasteiger partial charge in [0.25, 0.3) is 0 Å². The Kier molecular flexibility index (Phi) is 4.24. The van der Waals surface area contributed by atoms with Gasteiger partial charge < -0.3 is 5.73 Å². The summed E-state index contributed by atoms with van der Waals surface area (Å²) in [5.41, 5.74) is 13.6. The van der Waals surface area contributed by atoms with Gasteiger partial charge in [-0.3, -0.25) is 0 Å². The van der Waals surface area contributed by atoms with Crippen LogP contribution >= 0.6 is 0 Å². The van der Waals surface area contributed by atoms with Crippen LogP contribution in [0, 0.1) is 6.92 Å². The first-order valence-corrected chi connectivity index (χ1v) is 7.68. The molecule has 0 aliphatic carbocycles. The second-order valence-corrected chi connectivity index (χ2v) is 5.81. The Bertz CT molecular complexity index is 743. The van der Waals surface area contributed by atoms with Crippen LogP contribution in [0.25, 0.3) is 0 Å². The monoisotopic (exact) mass is 287 g/mol. The largest absolute Gasteiger partial charge is 0.398 e. The summed E-state index contributed by atoms with van der Waals surface area (Å²) in [5.74, 6) is 0. The van der Waals surface area contributed by atoms with Gasteiger partial charge in [0.1, 0.15) is 0 Å². The maximum absolute atomic E-state index is 6.25. The molecule has 0 radical (unpaired) electrons. The van der Waals surface area contributed by atoms with Crippen LogP contribution in [0.3, 0.4) is 0 Å². The number of hydrogen-bond acceptors (Lipinski definition) is 1. The summed E-state index contributed by atoms with van der Waals surface area (Å²) in [7, 11) is 0. The van der Waals surface area contributed by atoms with Gasteiger partial charge in [0.15, 0.2) is 0 Å². The number of anilines is 1. The van der Waals surface area contributed by atoms with Crippen LogP contribution in [0.4, 0.5) is 5.69 Å². The Morgan fingerprint density at radius 3 is 2.09 bits per heavy atom. The van der Waals surface area contributed by atoms with E-state index in [0.29, 0.717) is 0 Å². The number of hydrogen-bond donors (Lipinski definition) is 1. The molecule has 3 rings (SSSR count). The van der Waals surface area contributed by atoms with Gasteiger partial charge >= 0.3 is 0 Å². The fourth-order valence-electron chi connectivity index (χ4n) is 2.76. The van der Waals surface area contributed by atoms with Gasteiger partial charge in [0.05, 0.1) is 0 Å². The van der Waals surface area contributed by atoms with Gasteiger partial charge in [-0.1, -0.05) is 72.3 Å². The molecule has 2 N–H and O–H groups in total. The zero-order valence-electron chi connectivity index (χ0n) is 12.9. The first-order valence-electron chi connectivity index (χ1n) is 7.68. The molecule has 0 fully saturated rings. The highest BCUT2D eigenvalue weighted by Gasteiger charge is 2.08. The van der Waals surface area contributed by atoms with E-state index >= 15 is 0 Å². The molecule has 1 heteroatoms. The fraction of sp³-hybridized carbons (Fsp3) is 0.143. The molecule has 0 heterocycles. The Labute approximate surface area is 132 Å². The maximum atomic E-state index is 6.25. The average molecular weight is 287 g/mol. The molecule has 110 valence electrons. The molecule has 0 aliphatic heterocycles. The molecule has 0 saturated heterocycles. The predicted octanol–water partition coefficient (Wildman–Crippen LogP) is 4.76. The summed E-state index contributed by atoms with van der Waals surface area (Å²) < 4.78 is 0. The van der Waals surface area contributed by atoms with Crippen molar-refractivity contribution in [2.24, 2.45) is 0 Å². The normalized spacial score (nSPS) is 10.6. The van der Waals surface area contributed by atoms with Crippen molar-refractivity contribution in [3.63, 3.8) is 0 Å². The van der Waals surface area contributed by atoms with Crippen LogP contribution in [-0.2, 0) is 12.8 Å². The van der Waals surface area contributed by atoms with E-state index in [9.17, 15) is 0 Å². The first-order chi connectivity index (χ1) is 10.7. The second-order valence-electron chi connectivity index (χ2n) is 5.81. The van der Waals surface area contributed by atoms with Crippen molar-refractivity contribution in [3.8, 4) is 0 Å². The smallest absolute Gasteiger partial charge is 0.0352 e. The Hall–Kier alpha value is -2.54. The zero-order chi connectivity index (χ0) is 15.4. The Balaban J connectivity index is 1.91. The number of rotatable bonds is 4.